The van der Waals surface area contributed by atoms with Crippen molar-refractivity contribution in [1.82, 2.24) is 4.90 Å². The summed E-state index contributed by atoms with van der Waals surface area (Å²) in [5, 5.41) is 7.82. The second-order valence-electron chi connectivity index (χ2n) is 6.75. The molecule has 0 bridgehead atoms. The maximum Gasteiger partial charge on any atom is 0.322 e. The summed E-state index contributed by atoms with van der Waals surface area (Å²) in [5.74, 6) is 0.166. The Morgan fingerprint density at radius 3 is 2.26 bits per heavy atom. The highest BCUT2D eigenvalue weighted by atomic mass is 32.2. The molecule has 2 rings (SSSR count). The largest absolute Gasteiger partial charge is 0.494 e. The van der Waals surface area contributed by atoms with Crippen LogP contribution in [0.3, 0.4) is 0 Å². The number of carbonyl (C=O) groups excluding carboxylic acids is 1. The minimum atomic E-state index is -3.79. The van der Waals surface area contributed by atoms with Crippen LogP contribution >= 0.6 is 0 Å². The number of benzene rings is 2. The van der Waals surface area contributed by atoms with Gasteiger partial charge in [-0.2, -0.15) is 0 Å². The number of methoxy groups -OCH3 is 1. The number of nitrogens with zero attached hydrogens (tertiary/aromatic N) is 1. The first-order chi connectivity index (χ1) is 14.4. The van der Waals surface area contributed by atoms with E-state index in [1.165, 1.54) is 43.2 Å². The standard InChI is InChI=1S/C19H26N4O6S2/c1-5-30(25,26)22-17-11-8-15(12-18(17)29-4)21-19(24)23(3)13(2)14-6-9-16(10-7-14)31(20,27)28/h6-13,22H,5H2,1-4H3,(H,21,24)(H2,20,27,28). The van der Waals surface area contributed by atoms with Crippen molar-refractivity contribution in [3.8, 4) is 5.75 Å². The van der Waals surface area contributed by atoms with E-state index in [-0.39, 0.29) is 28.1 Å². The number of amides is 2. The lowest BCUT2D eigenvalue weighted by Gasteiger charge is -2.26. The van der Waals surface area contributed by atoms with Gasteiger partial charge in [0.1, 0.15) is 5.75 Å². The van der Waals surface area contributed by atoms with E-state index in [1.54, 1.807) is 32.2 Å². The first kappa shape index (κ1) is 24.4. The first-order valence-corrected chi connectivity index (χ1v) is 12.4. The molecule has 0 radical (unpaired) electrons. The Labute approximate surface area is 182 Å². The molecule has 2 aromatic rings. The number of anilines is 2. The lowest BCUT2D eigenvalue weighted by atomic mass is 10.1. The average Bonchev–Trinajstić information content (AvgIpc) is 2.73. The van der Waals surface area contributed by atoms with Gasteiger partial charge in [-0.05, 0) is 43.7 Å². The molecule has 0 aromatic heterocycles. The summed E-state index contributed by atoms with van der Waals surface area (Å²) >= 11 is 0. The zero-order valence-electron chi connectivity index (χ0n) is 17.6. The van der Waals surface area contributed by atoms with Crippen LogP contribution in [0.25, 0.3) is 0 Å². The number of nitrogens with two attached hydrogens (primary N) is 1. The second kappa shape index (κ2) is 9.54. The molecule has 10 nitrogen and oxygen atoms in total. The van der Waals surface area contributed by atoms with Crippen molar-refractivity contribution in [1.29, 1.82) is 0 Å². The number of hydrogen-bond donors (Lipinski definition) is 3. The number of carbonyl (C=O) groups is 1. The van der Waals surface area contributed by atoms with Crippen LogP contribution in [0.2, 0.25) is 0 Å². The maximum absolute atomic E-state index is 12.7. The molecule has 4 N–H and O–H groups in total. The fourth-order valence-electron chi connectivity index (χ4n) is 2.64. The van der Waals surface area contributed by atoms with Crippen LogP contribution in [0.5, 0.6) is 5.75 Å². The lowest BCUT2D eigenvalue weighted by molar-refractivity contribution is 0.208. The Morgan fingerprint density at radius 2 is 1.74 bits per heavy atom. The molecule has 1 atom stereocenters. The minimum absolute atomic E-state index is 0.0126. The first-order valence-electron chi connectivity index (χ1n) is 9.23. The quantitative estimate of drug-likeness (QED) is 0.539. The van der Waals surface area contributed by atoms with E-state index >= 15 is 0 Å². The van der Waals surface area contributed by atoms with E-state index in [0.29, 0.717) is 11.3 Å². The van der Waals surface area contributed by atoms with Crippen molar-refractivity contribution in [2.75, 3.05) is 29.9 Å². The second-order valence-corrected chi connectivity index (χ2v) is 10.3. The Bertz CT molecular complexity index is 1150. The molecular formula is C19H26N4O6S2. The highest BCUT2D eigenvalue weighted by Gasteiger charge is 2.19. The fraction of sp³-hybridized carbons (Fsp3) is 0.316. The van der Waals surface area contributed by atoms with Crippen LogP contribution in [0.4, 0.5) is 16.2 Å². The summed E-state index contributed by atoms with van der Waals surface area (Å²) < 4.78 is 54.0. The van der Waals surface area contributed by atoms with Gasteiger partial charge in [-0.25, -0.2) is 26.8 Å². The van der Waals surface area contributed by atoms with E-state index in [2.05, 4.69) is 10.0 Å². The Morgan fingerprint density at radius 1 is 1.13 bits per heavy atom. The molecule has 0 heterocycles. The van der Waals surface area contributed by atoms with Crippen LogP contribution in [0.1, 0.15) is 25.5 Å². The number of rotatable bonds is 8. The Kier molecular flexibility index (Phi) is 7.52. The summed E-state index contributed by atoms with van der Waals surface area (Å²) in [6, 6.07) is 9.70. The third kappa shape index (κ3) is 6.32. The Balaban J connectivity index is 2.14. The van der Waals surface area contributed by atoms with Crippen molar-refractivity contribution < 1.29 is 26.4 Å². The van der Waals surface area contributed by atoms with Crippen LogP contribution < -0.4 is 19.9 Å². The molecule has 0 aliphatic rings. The summed E-state index contributed by atoms with van der Waals surface area (Å²) in [5.41, 5.74) is 1.39. The van der Waals surface area contributed by atoms with Gasteiger partial charge in [0.2, 0.25) is 20.0 Å². The predicted octanol–water partition coefficient (Wildman–Crippen LogP) is 2.33. The summed E-state index contributed by atoms with van der Waals surface area (Å²) in [6.45, 7) is 3.30. The molecular weight excluding hydrogens is 444 g/mol. The van der Waals surface area contributed by atoms with Gasteiger partial charge in [0.05, 0.1) is 29.5 Å². The smallest absolute Gasteiger partial charge is 0.322 e. The van der Waals surface area contributed by atoms with Gasteiger partial charge in [0, 0.05) is 18.8 Å². The normalized spacial score (nSPS) is 12.7. The van der Waals surface area contributed by atoms with Gasteiger partial charge >= 0.3 is 6.03 Å². The minimum Gasteiger partial charge on any atom is -0.494 e. The van der Waals surface area contributed by atoms with Gasteiger partial charge < -0.3 is 15.0 Å². The monoisotopic (exact) mass is 470 g/mol. The summed E-state index contributed by atoms with van der Waals surface area (Å²) in [4.78, 5) is 14.1. The molecule has 0 aliphatic carbocycles. The van der Waals surface area contributed by atoms with E-state index in [0.717, 1.165) is 0 Å². The third-order valence-corrected chi connectivity index (χ3v) is 6.91. The van der Waals surface area contributed by atoms with Crippen LogP contribution in [0, 0.1) is 0 Å². The summed E-state index contributed by atoms with van der Waals surface area (Å²) in [6.07, 6.45) is 0. The highest BCUT2D eigenvalue weighted by molar-refractivity contribution is 7.92. The molecule has 0 fully saturated rings. The number of hydrogen-bond acceptors (Lipinski definition) is 6. The van der Waals surface area contributed by atoms with Crippen molar-refractivity contribution in [3.63, 3.8) is 0 Å². The zero-order valence-corrected chi connectivity index (χ0v) is 19.2. The van der Waals surface area contributed by atoms with Gasteiger partial charge in [-0.3, -0.25) is 4.72 Å². The summed E-state index contributed by atoms with van der Waals surface area (Å²) in [7, 11) is -4.29. The molecule has 0 saturated heterocycles. The van der Waals surface area contributed by atoms with Crippen molar-refractivity contribution in [2.24, 2.45) is 5.14 Å². The van der Waals surface area contributed by atoms with Crippen molar-refractivity contribution in [2.45, 2.75) is 24.8 Å². The molecule has 1 unspecified atom stereocenters. The number of ether oxygens (including phenoxy) is 1. The third-order valence-electron chi connectivity index (χ3n) is 4.69. The molecule has 0 spiro atoms. The van der Waals surface area contributed by atoms with E-state index in [1.807, 2.05) is 0 Å². The molecule has 12 heteroatoms. The SMILES string of the molecule is CCS(=O)(=O)Nc1ccc(NC(=O)N(C)C(C)c2ccc(S(N)(=O)=O)cc2)cc1OC. The molecule has 0 saturated carbocycles. The number of primary sulfonamides is 1. The number of urea groups is 1. The topological polar surface area (TPSA) is 148 Å². The molecule has 2 amide bonds. The highest BCUT2D eigenvalue weighted by Crippen LogP contribution is 2.29. The van der Waals surface area contributed by atoms with Gasteiger partial charge in [0.15, 0.2) is 0 Å². The predicted molar refractivity (Wildman–Crippen MR) is 119 cm³/mol. The zero-order chi connectivity index (χ0) is 23.4. The van der Waals surface area contributed by atoms with Crippen LogP contribution in [0.15, 0.2) is 47.4 Å². The Hall–Kier alpha value is -2.83. The van der Waals surface area contributed by atoms with Gasteiger partial charge in [0.25, 0.3) is 0 Å². The maximum atomic E-state index is 12.7. The molecule has 2 aromatic carbocycles. The fourth-order valence-corrected chi connectivity index (χ4v) is 3.80. The number of sulfonamides is 2. The molecule has 0 aliphatic heterocycles. The van der Waals surface area contributed by atoms with Crippen molar-refractivity contribution in [3.05, 3.63) is 48.0 Å². The van der Waals surface area contributed by atoms with Crippen LogP contribution in [-0.4, -0.2) is 47.7 Å². The lowest BCUT2D eigenvalue weighted by Crippen LogP contribution is -2.33. The van der Waals surface area contributed by atoms with Gasteiger partial charge in [-0.1, -0.05) is 12.1 Å². The van der Waals surface area contributed by atoms with E-state index in [4.69, 9.17) is 9.88 Å². The van der Waals surface area contributed by atoms with Gasteiger partial charge in [-0.15, -0.1) is 0 Å². The van der Waals surface area contributed by atoms with E-state index < -0.39 is 26.1 Å². The van der Waals surface area contributed by atoms with E-state index in [9.17, 15) is 21.6 Å². The van der Waals surface area contributed by atoms with Crippen molar-refractivity contribution >= 4 is 37.5 Å². The number of nitrogens with one attached hydrogen (secondary N) is 2. The average molecular weight is 471 g/mol. The molecule has 31 heavy (non-hydrogen) atoms. The molecule has 170 valence electrons. The van der Waals surface area contributed by atoms with Crippen LogP contribution in [-0.2, 0) is 20.0 Å².